The Bertz CT molecular complexity index is 2690. The second kappa shape index (κ2) is 13.5. The first kappa shape index (κ1) is 36.4. The largest absolute Gasteiger partial charge is 0.496 e. The minimum absolute atomic E-state index is 0.00437. The maximum atomic E-state index is 14.2. The Morgan fingerprint density at radius 3 is 1.30 bits per heavy atom. The lowest BCUT2D eigenvalue weighted by Gasteiger charge is -2.57. The maximum absolute atomic E-state index is 14.2. The zero-order chi connectivity index (χ0) is 40.3. The molecule has 0 saturated heterocycles. The molecular weight excluding hydrogens is 741 g/mol. The molecule has 0 aromatic heterocycles. The van der Waals surface area contributed by atoms with E-state index in [4.69, 9.17) is 9.47 Å². The van der Waals surface area contributed by atoms with Gasteiger partial charge in [0.1, 0.15) is 11.5 Å². The third kappa shape index (κ3) is 6.01. The second-order valence-electron chi connectivity index (χ2n) is 20.3. The molecular formula is C55H52O5. The van der Waals surface area contributed by atoms with E-state index >= 15 is 0 Å². The summed E-state index contributed by atoms with van der Waals surface area (Å²) in [6.45, 7) is 0. The number of methoxy groups -OCH3 is 1. The smallest absolute Gasteiger partial charge is 0.343 e. The molecule has 6 aromatic rings. The molecule has 0 spiro atoms. The lowest BCUT2D eigenvalue weighted by molar-refractivity contribution is -0.00632. The maximum Gasteiger partial charge on any atom is 0.343 e. The van der Waals surface area contributed by atoms with Gasteiger partial charge in [-0.3, -0.25) is 0 Å². The molecule has 8 fully saturated rings. The van der Waals surface area contributed by atoms with Crippen molar-refractivity contribution in [2.45, 2.75) is 87.9 Å². The van der Waals surface area contributed by atoms with Crippen molar-refractivity contribution in [3.63, 3.8) is 0 Å². The number of aromatic carboxylic acids is 1. The number of hydrogen-bond acceptors (Lipinski definition) is 4. The Hall–Kier alpha value is -5.42. The number of hydrogen-bond donors (Lipinski definition) is 1. The van der Waals surface area contributed by atoms with Crippen LogP contribution >= 0.6 is 0 Å². The molecule has 8 aliphatic carbocycles. The SMILES string of the molecule is COc1ccc(-c2ccc3cc(C(=O)Oc4ccc(-c5ccc6cc(C(=O)O)ccc6c5)cc4C45CC6CC(CC(C6)C4)C5)ccc3c2)cc1C12CC3CC(CC(C3)C1)C2. The number of carboxylic acids is 1. The van der Waals surface area contributed by atoms with Crippen molar-refractivity contribution in [3.05, 3.63) is 131 Å². The molecule has 14 rings (SSSR count). The van der Waals surface area contributed by atoms with E-state index in [1.807, 2.05) is 37.4 Å². The van der Waals surface area contributed by atoms with Crippen LogP contribution in [0.25, 0.3) is 43.8 Å². The highest BCUT2D eigenvalue weighted by Crippen LogP contribution is 2.63. The molecule has 5 heteroatoms. The summed E-state index contributed by atoms with van der Waals surface area (Å²) >= 11 is 0. The monoisotopic (exact) mass is 792 g/mol. The average molecular weight is 793 g/mol. The fraction of sp³-hybridized carbons (Fsp3) is 0.382. The van der Waals surface area contributed by atoms with E-state index in [0.717, 1.165) is 93.2 Å². The van der Waals surface area contributed by atoms with Crippen LogP contribution in [0, 0.1) is 35.5 Å². The summed E-state index contributed by atoms with van der Waals surface area (Å²) in [5.41, 5.74) is 8.24. The summed E-state index contributed by atoms with van der Waals surface area (Å²) < 4.78 is 12.5. The van der Waals surface area contributed by atoms with Crippen molar-refractivity contribution in [3.8, 4) is 33.8 Å². The Morgan fingerprint density at radius 1 is 0.467 bits per heavy atom. The number of carbonyl (C=O) groups excluding carboxylic acids is 1. The van der Waals surface area contributed by atoms with E-state index in [1.54, 1.807) is 12.1 Å². The van der Waals surface area contributed by atoms with Gasteiger partial charge < -0.3 is 14.6 Å². The predicted octanol–water partition coefficient (Wildman–Crippen LogP) is 13.2. The summed E-state index contributed by atoms with van der Waals surface area (Å²) in [6, 6.07) is 37.4. The van der Waals surface area contributed by atoms with Crippen LogP contribution in [0.5, 0.6) is 11.5 Å². The number of carboxylic acid groups (broad SMARTS) is 1. The minimum Gasteiger partial charge on any atom is -0.496 e. The van der Waals surface area contributed by atoms with Crippen molar-refractivity contribution in [1.29, 1.82) is 0 Å². The van der Waals surface area contributed by atoms with Gasteiger partial charge in [0, 0.05) is 11.1 Å². The van der Waals surface area contributed by atoms with Crippen molar-refractivity contribution in [2.24, 2.45) is 35.5 Å². The van der Waals surface area contributed by atoms with Crippen LogP contribution in [-0.4, -0.2) is 24.2 Å². The Kier molecular flexibility index (Phi) is 8.22. The summed E-state index contributed by atoms with van der Waals surface area (Å²) in [7, 11) is 1.82. The van der Waals surface area contributed by atoms with Gasteiger partial charge >= 0.3 is 11.9 Å². The number of esters is 1. The molecule has 60 heavy (non-hydrogen) atoms. The van der Waals surface area contributed by atoms with Crippen molar-refractivity contribution >= 4 is 33.5 Å². The molecule has 5 nitrogen and oxygen atoms in total. The van der Waals surface area contributed by atoms with Gasteiger partial charge in [-0.15, -0.1) is 0 Å². The lowest BCUT2D eigenvalue weighted by Crippen LogP contribution is -2.48. The minimum atomic E-state index is -0.922. The van der Waals surface area contributed by atoms with Crippen LogP contribution in [0.1, 0.15) is 109 Å². The first-order valence-electron chi connectivity index (χ1n) is 22.6. The second-order valence-corrected chi connectivity index (χ2v) is 20.3. The normalized spacial score (nSPS) is 29.6. The highest BCUT2D eigenvalue weighted by molar-refractivity contribution is 5.98. The van der Waals surface area contributed by atoms with Crippen LogP contribution < -0.4 is 9.47 Å². The molecule has 0 heterocycles. The fourth-order valence-electron chi connectivity index (χ4n) is 14.7. The molecule has 8 bridgehead atoms. The highest BCUT2D eigenvalue weighted by Gasteiger charge is 2.54. The molecule has 0 amide bonds. The van der Waals surface area contributed by atoms with Crippen molar-refractivity contribution in [1.82, 2.24) is 0 Å². The molecule has 1 N–H and O–H groups in total. The van der Waals surface area contributed by atoms with Crippen molar-refractivity contribution in [2.75, 3.05) is 7.11 Å². The standard InChI is InChI=1S/C55H52O5/c1-59-50-12-10-44(24-48(50)54-26-32-14-33(27-54)16-34(15-32)28-54)40-3-5-43-23-47(9-7-39(43)21-40)53(58)60-51-13-11-45(41-2-4-42-22-46(52(56)57)8-6-38(42)20-41)25-49(51)55-29-35-17-36(30-55)19-37(18-35)31-55/h2-13,20-25,32-37H,14-19,26-31H2,1H3,(H,56,57). The first-order valence-corrected chi connectivity index (χ1v) is 22.6. The Morgan fingerprint density at radius 2 is 0.833 bits per heavy atom. The average Bonchev–Trinajstić information content (AvgIpc) is 3.24. The van der Waals surface area contributed by atoms with Crippen LogP contribution in [0.2, 0.25) is 0 Å². The van der Waals surface area contributed by atoms with Gasteiger partial charge in [0.2, 0.25) is 0 Å². The number of rotatable bonds is 8. The molecule has 8 aliphatic rings. The molecule has 0 unspecified atom stereocenters. The van der Waals surface area contributed by atoms with E-state index in [-0.39, 0.29) is 22.4 Å². The molecule has 0 radical (unpaired) electrons. The van der Waals surface area contributed by atoms with Crippen LogP contribution in [0.3, 0.4) is 0 Å². The molecule has 8 saturated carbocycles. The topological polar surface area (TPSA) is 72.8 Å². The third-order valence-corrected chi connectivity index (χ3v) is 16.4. The van der Waals surface area contributed by atoms with Gasteiger partial charge in [-0.2, -0.15) is 0 Å². The summed E-state index contributed by atoms with van der Waals surface area (Å²) in [4.78, 5) is 25.8. The predicted molar refractivity (Wildman–Crippen MR) is 237 cm³/mol. The van der Waals surface area contributed by atoms with E-state index in [0.29, 0.717) is 11.3 Å². The zero-order valence-corrected chi connectivity index (χ0v) is 34.4. The van der Waals surface area contributed by atoms with Crippen LogP contribution in [0.15, 0.2) is 109 Å². The summed E-state index contributed by atoms with van der Waals surface area (Å²) in [5.74, 6) is 5.27. The Labute approximate surface area is 352 Å². The fourth-order valence-corrected chi connectivity index (χ4v) is 14.7. The third-order valence-electron chi connectivity index (χ3n) is 16.4. The summed E-state index contributed by atoms with van der Waals surface area (Å²) in [5, 5.41) is 13.5. The number of ether oxygens (including phenoxy) is 2. The number of carbonyl (C=O) groups is 2. The van der Waals surface area contributed by atoms with Gasteiger partial charge in [0.25, 0.3) is 0 Å². The van der Waals surface area contributed by atoms with E-state index < -0.39 is 5.97 Å². The van der Waals surface area contributed by atoms with E-state index in [9.17, 15) is 14.7 Å². The lowest BCUT2D eigenvalue weighted by atomic mass is 9.48. The molecule has 0 aliphatic heterocycles. The zero-order valence-electron chi connectivity index (χ0n) is 34.4. The number of fused-ring (bicyclic) bond motifs is 2. The van der Waals surface area contributed by atoms with Gasteiger partial charge in [-0.1, -0.05) is 48.5 Å². The van der Waals surface area contributed by atoms with Gasteiger partial charge in [0.15, 0.2) is 0 Å². The first-order chi connectivity index (χ1) is 29.2. The van der Waals surface area contributed by atoms with E-state index in [2.05, 4.69) is 66.7 Å². The quantitative estimate of drug-likeness (QED) is 0.123. The van der Waals surface area contributed by atoms with Gasteiger partial charge in [0.05, 0.1) is 18.2 Å². The summed E-state index contributed by atoms with van der Waals surface area (Å²) in [6.07, 6.45) is 15.6. The van der Waals surface area contributed by atoms with Crippen LogP contribution in [0.4, 0.5) is 0 Å². The van der Waals surface area contributed by atoms with Crippen LogP contribution in [-0.2, 0) is 10.8 Å². The molecule has 6 aromatic carbocycles. The van der Waals surface area contributed by atoms with E-state index in [1.165, 1.54) is 80.0 Å². The van der Waals surface area contributed by atoms with Gasteiger partial charge in [-0.05, 0) is 228 Å². The van der Waals surface area contributed by atoms with Gasteiger partial charge in [-0.25, -0.2) is 9.59 Å². The highest BCUT2D eigenvalue weighted by atomic mass is 16.5. The molecule has 302 valence electrons. The van der Waals surface area contributed by atoms with Crippen molar-refractivity contribution < 1.29 is 24.2 Å². The Balaban J connectivity index is 0.853. The molecule has 0 atom stereocenters. The number of benzene rings is 6.